The van der Waals surface area contributed by atoms with Gasteiger partial charge < -0.3 is 21.9 Å². The summed E-state index contributed by atoms with van der Waals surface area (Å²) >= 11 is 0. The molecule has 0 saturated carbocycles. The molecule has 0 aliphatic rings. The van der Waals surface area contributed by atoms with Crippen LogP contribution in [0.25, 0.3) is 0 Å². The minimum Gasteiger partial charge on any atom is -1.00 e. The van der Waals surface area contributed by atoms with Crippen molar-refractivity contribution in [1.29, 1.82) is 0 Å². The van der Waals surface area contributed by atoms with Gasteiger partial charge in [-0.25, -0.2) is 19.2 Å². The Morgan fingerprint density at radius 1 is 0.714 bits per heavy atom. The van der Waals surface area contributed by atoms with Gasteiger partial charge in [-0.1, -0.05) is 0 Å². The average Bonchev–Trinajstić information content (AvgIpc) is 1.82. The van der Waals surface area contributed by atoms with E-state index in [0.717, 1.165) is 0 Å². The third kappa shape index (κ3) is 2.49. The van der Waals surface area contributed by atoms with Crippen LogP contribution < -0.4 is 68.9 Å². The van der Waals surface area contributed by atoms with Crippen LogP contribution in [-0.4, -0.2) is 44.3 Å². The number of hydrogen-bond acceptors (Lipinski definition) is 4. The van der Waals surface area contributed by atoms with E-state index in [-0.39, 0.29) is 70.3 Å². The Morgan fingerprint density at radius 2 is 0.857 bits per heavy atom. The van der Waals surface area contributed by atoms with E-state index in [9.17, 15) is 19.2 Å². The van der Waals surface area contributed by atoms with Crippen LogP contribution in [0.1, 0.15) is 1.43 Å². The largest absolute Gasteiger partial charge is 1.00 e. The summed E-state index contributed by atoms with van der Waals surface area (Å²) in [5.74, 6) is -9.83. The van der Waals surface area contributed by atoms with Crippen LogP contribution in [0.4, 0.5) is 0 Å². The van der Waals surface area contributed by atoms with E-state index < -0.39 is 29.3 Å². The van der Waals surface area contributed by atoms with Crippen molar-refractivity contribution in [3.63, 3.8) is 0 Å². The summed E-state index contributed by atoms with van der Waals surface area (Å²) in [5, 5.41) is 32.8. The monoisotopic (exact) mass is 326 g/mol. The number of carbonyl (C=O) groups is 4. The molecule has 0 atom stereocenters. The second-order valence-electron chi connectivity index (χ2n) is 1.97. The van der Waals surface area contributed by atoms with Crippen molar-refractivity contribution in [3.05, 3.63) is 0 Å². The molecule has 74 valence electrons. The number of aliphatic carboxylic acids is 4. The van der Waals surface area contributed by atoms with Gasteiger partial charge in [-0.05, 0) is 0 Å². The molecular formula is C5H5CsO8. The van der Waals surface area contributed by atoms with E-state index in [2.05, 4.69) is 0 Å². The summed E-state index contributed by atoms with van der Waals surface area (Å²) in [5.41, 5.74) is -3.83. The topological polar surface area (TPSA) is 149 Å². The summed E-state index contributed by atoms with van der Waals surface area (Å²) < 4.78 is 0. The molecule has 0 fully saturated rings. The van der Waals surface area contributed by atoms with Crippen LogP contribution in [0.3, 0.4) is 0 Å². The van der Waals surface area contributed by atoms with Gasteiger partial charge >= 0.3 is 98.2 Å². The van der Waals surface area contributed by atoms with Crippen molar-refractivity contribution in [2.75, 3.05) is 0 Å². The third-order valence-corrected chi connectivity index (χ3v) is 1.28. The molecule has 0 aliphatic carbocycles. The molecule has 0 aliphatic heterocycles. The molecule has 0 spiro atoms. The first-order valence-corrected chi connectivity index (χ1v) is 2.71. The van der Waals surface area contributed by atoms with Gasteiger partial charge in [-0.15, -0.1) is 0 Å². The van der Waals surface area contributed by atoms with Crippen LogP contribution in [0, 0.1) is 5.41 Å². The van der Waals surface area contributed by atoms with Crippen molar-refractivity contribution in [3.8, 4) is 0 Å². The minimum absolute atomic E-state index is 0. The normalized spacial score (nSPS) is 9.71. The molecule has 0 saturated heterocycles. The van der Waals surface area contributed by atoms with E-state index in [1.807, 2.05) is 0 Å². The second-order valence-corrected chi connectivity index (χ2v) is 1.97. The molecule has 14 heavy (non-hydrogen) atoms. The Morgan fingerprint density at radius 3 is 0.857 bits per heavy atom. The molecule has 8 nitrogen and oxygen atoms in total. The Bertz CT molecular complexity index is 238. The summed E-state index contributed by atoms with van der Waals surface area (Å²) in [6.07, 6.45) is 0. The number of carboxylic acid groups (broad SMARTS) is 4. The SMILES string of the molecule is O=C(O)C(C(=O)O)(C(=O)O)C(=O)O.[Cs+].[H-]. The average molecular weight is 326 g/mol. The molecule has 9 heteroatoms. The maximum absolute atomic E-state index is 10.2. The van der Waals surface area contributed by atoms with Crippen LogP contribution in [0.2, 0.25) is 0 Å². The predicted octanol–water partition coefficient (Wildman–Crippen LogP) is -4.57. The zero-order valence-corrected chi connectivity index (χ0v) is 13.2. The maximum Gasteiger partial charge on any atom is 1.00 e. The molecule has 4 N–H and O–H groups in total. The zero-order valence-electron chi connectivity index (χ0n) is 7.92. The maximum atomic E-state index is 10.2. The molecule has 0 rings (SSSR count). The van der Waals surface area contributed by atoms with Crippen LogP contribution in [0.5, 0.6) is 0 Å². The first kappa shape index (κ1) is 16.4. The van der Waals surface area contributed by atoms with E-state index in [0.29, 0.717) is 0 Å². The number of hydrogen-bond donors (Lipinski definition) is 4. The van der Waals surface area contributed by atoms with Crippen molar-refractivity contribution in [2.45, 2.75) is 0 Å². The van der Waals surface area contributed by atoms with Crippen molar-refractivity contribution >= 4 is 23.9 Å². The Balaban J connectivity index is -0.000000720. The summed E-state index contributed by atoms with van der Waals surface area (Å²) in [4.78, 5) is 40.8. The van der Waals surface area contributed by atoms with Gasteiger partial charge in [0.1, 0.15) is 0 Å². The van der Waals surface area contributed by atoms with Gasteiger partial charge in [0.05, 0.1) is 0 Å². The fraction of sp³-hybridized carbons (Fsp3) is 0.200. The zero-order chi connectivity index (χ0) is 10.8. The third-order valence-electron chi connectivity index (χ3n) is 1.28. The number of carboxylic acids is 4. The van der Waals surface area contributed by atoms with Crippen molar-refractivity contribution < 1.29 is 110 Å². The van der Waals surface area contributed by atoms with E-state index in [4.69, 9.17) is 20.4 Å². The summed E-state index contributed by atoms with van der Waals surface area (Å²) in [7, 11) is 0. The van der Waals surface area contributed by atoms with E-state index >= 15 is 0 Å². The predicted molar refractivity (Wildman–Crippen MR) is 34.1 cm³/mol. The molecule has 0 unspecified atom stereocenters. The van der Waals surface area contributed by atoms with E-state index in [1.54, 1.807) is 0 Å². The second kappa shape index (κ2) is 5.73. The molecule has 0 aromatic heterocycles. The Kier molecular flexibility index (Phi) is 6.69. The van der Waals surface area contributed by atoms with Crippen molar-refractivity contribution in [1.82, 2.24) is 0 Å². The summed E-state index contributed by atoms with van der Waals surface area (Å²) in [6.45, 7) is 0. The van der Waals surface area contributed by atoms with Gasteiger partial charge in [0, 0.05) is 0 Å². The van der Waals surface area contributed by atoms with E-state index in [1.165, 1.54) is 0 Å². The van der Waals surface area contributed by atoms with Gasteiger partial charge in [0.15, 0.2) is 0 Å². The fourth-order valence-corrected chi connectivity index (χ4v) is 0.549. The molecular weight excluding hydrogens is 321 g/mol. The molecule has 0 aromatic rings. The van der Waals surface area contributed by atoms with Crippen LogP contribution in [0.15, 0.2) is 0 Å². The van der Waals surface area contributed by atoms with Crippen molar-refractivity contribution in [2.24, 2.45) is 5.41 Å². The first-order chi connectivity index (χ1) is 5.77. The van der Waals surface area contributed by atoms with Gasteiger partial charge in [0.25, 0.3) is 0 Å². The van der Waals surface area contributed by atoms with Gasteiger partial charge in [0.2, 0.25) is 0 Å². The quantitative estimate of drug-likeness (QED) is 0.377. The molecule has 0 amide bonds. The number of rotatable bonds is 4. The first-order valence-electron chi connectivity index (χ1n) is 2.71. The Labute approximate surface area is 137 Å². The smallest absolute Gasteiger partial charge is 1.00 e. The summed E-state index contributed by atoms with van der Waals surface area (Å²) in [6, 6.07) is 0. The molecule has 0 aromatic carbocycles. The fourth-order valence-electron chi connectivity index (χ4n) is 0.549. The molecule has 0 radical (unpaired) electrons. The standard InChI is InChI=1S/C5H4O8.Cs.H/c6-1(7)5(2(8)9,3(10)11)4(12)13;;/h(H,6,7)(H,8,9)(H,10,11)(H,12,13);;/q;+1;-1. The van der Waals surface area contributed by atoms with Crippen LogP contribution >= 0.6 is 0 Å². The molecule has 0 bridgehead atoms. The van der Waals surface area contributed by atoms with Crippen LogP contribution in [-0.2, 0) is 19.2 Å². The van der Waals surface area contributed by atoms with Gasteiger partial charge in [-0.3, -0.25) is 0 Å². The van der Waals surface area contributed by atoms with Gasteiger partial charge in [-0.2, -0.15) is 0 Å². The molecule has 0 heterocycles. The Hall–Kier alpha value is -0.0681. The minimum atomic E-state index is -3.83.